The Morgan fingerprint density at radius 3 is 2.00 bits per heavy atom. The number of ether oxygens (including phenoxy) is 6. The zero-order valence-electron chi connectivity index (χ0n) is 32.8. The number of rotatable bonds is 6. The minimum atomic E-state index is -1.73. The van der Waals surface area contributed by atoms with Crippen molar-refractivity contribution in [2.24, 2.45) is 29.1 Å². The van der Waals surface area contributed by atoms with Crippen molar-refractivity contribution in [1.29, 1.82) is 0 Å². The van der Waals surface area contributed by atoms with Crippen molar-refractivity contribution in [3.63, 3.8) is 0 Å². The van der Waals surface area contributed by atoms with Crippen LogP contribution in [0.5, 0.6) is 0 Å². The summed E-state index contributed by atoms with van der Waals surface area (Å²) in [5.74, 6) is -4.15. The number of hydrogen-bond acceptors (Lipinski definition) is 13. The van der Waals surface area contributed by atoms with Gasteiger partial charge in [-0.15, -0.1) is 0 Å². The predicted molar refractivity (Wildman–Crippen MR) is 185 cm³/mol. The average molecular weight is 718 g/mol. The molecule has 3 heterocycles. The zero-order chi connectivity index (χ0) is 38.3. The maximum atomic E-state index is 14.0. The number of aliphatic hydroxyl groups excluding tert-OH is 3. The van der Waals surface area contributed by atoms with Gasteiger partial charge in [-0.1, -0.05) is 34.6 Å². The third kappa shape index (κ3) is 9.09. The molecule has 3 aliphatic heterocycles. The minimum Gasteiger partial charge on any atom is -0.462 e. The first kappa shape index (κ1) is 43.1. The topological polar surface area (TPSA) is 174 Å². The second-order valence-corrected chi connectivity index (χ2v) is 16.8. The molecular weight excluding hydrogens is 650 g/mol. The molecule has 0 aromatic carbocycles. The first-order valence-corrected chi connectivity index (χ1v) is 18.2. The summed E-state index contributed by atoms with van der Waals surface area (Å²) in [5, 5.41) is 46.2. The third-order valence-electron chi connectivity index (χ3n) is 12.0. The molecular formula is C37H67NO12. The van der Waals surface area contributed by atoms with E-state index in [4.69, 9.17) is 28.4 Å². The van der Waals surface area contributed by atoms with Crippen LogP contribution in [0.4, 0.5) is 0 Å². The van der Waals surface area contributed by atoms with Gasteiger partial charge >= 0.3 is 5.97 Å². The highest BCUT2D eigenvalue weighted by molar-refractivity contribution is 5.83. The molecule has 0 radical (unpaired) electrons. The van der Waals surface area contributed by atoms with Gasteiger partial charge in [-0.25, -0.2) is 0 Å². The van der Waals surface area contributed by atoms with E-state index in [1.54, 1.807) is 69.2 Å². The van der Waals surface area contributed by atoms with Gasteiger partial charge in [-0.3, -0.25) is 9.59 Å². The van der Waals surface area contributed by atoms with Gasteiger partial charge in [0.25, 0.3) is 0 Å². The molecule has 0 spiro atoms. The van der Waals surface area contributed by atoms with Gasteiger partial charge in [0.2, 0.25) is 0 Å². The van der Waals surface area contributed by atoms with Crippen molar-refractivity contribution in [1.82, 2.24) is 4.90 Å². The van der Waals surface area contributed by atoms with Gasteiger partial charge in [0.05, 0.1) is 47.6 Å². The number of ketones is 1. The van der Waals surface area contributed by atoms with Crippen molar-refractivity contribution in [3.05, 3.63) is 0 Å². The summed E-state index contributed by atoms with van der Waals surface area (Å²) in [6.45, 7) is 18.9. The molecule has 13 nitrogen and oxygen atoms in total. The predicted octanol–water partition coefficient (Wildman–Crippen LogP) is 2.67. The molecule has 0 bridgehead atoms. The second-order valence-electron chi connectivity index (χ2n) is 16.8. The van der Waals surface area contributed by atoms with Crippen LogP contribution in [-0.2, 0) is 38.0 Å². The molecule has 0 aliphatic carbocycles. The number of cyclic esters (lactones) is 1. The monoisotopic (exact) mass is 717 g/mol. The Kier molecular flexibility index (Phi) is 14.2. The van der Waals surface area contributed by atoms with E-state index in [1.165, 1.54) is 7.11 Å². The highest BCUT2D eigenvalue weighted by Gasteiger charge is 2.53. The van der Waals surface area contributed by atoms with Crippen LogP contribution >= 0.6 is 0 Å². The lowest BCUT2D eigenvalue weighted by molar-refractivity contribution is -0.317. The van der Waals surface area contributed by atoms with Gasteiger partial charge in [0.15, 0.2) is 12.6 Å². The Bertz CT molecular complexity index is 1150. The van der Waals surface area contributed by atoms with Crippen LogP contribution in [0, 0.1) is 29.1 Å². The highest BCUT2D eigenvalue weighted by atomic mass is 16.7. The fraction of sp³-hybridized carbons (Fsp3) is 0.946. The zero-order valence-corrected chi connectivity index (χ0v) is 32.8. The molecule has 0 aromatic rings. The first-order chi connectivity index (χ1) is 22.9. The Balaban J connectivity index is 2.16. The first-order valence-electron chi connectivity index (χ1n) is 18.2. The van der Waals surface area contributed by atoms with E-state index in [2.05, 4.69) is 0 Å². The molecule has 4 N–H and O–H groups in total. The molecule has 16 unspecified atom stereocenters. The fourth-order valence-electron chi connectivity index (χ4n) is 8.17. The SMILES string of the molecule is COC1(C)CC(OC2C(C)C(=O)O[C@H](C)C(C)(C)C(O)C(C)C(=O)C(C)CC(C)(O)C(OC3OC(C)CC(N(C)C)C3O)C2C)OC(C)C1O. The lowest BCUT2D eigenvalue weighted by atomic mass is 9.71. The number of carbonyl (C=O) groups is 2. The molecule has 3 aliphatic rings. The van der Waals surface area contributed by atoms with Gasteiger partial charge in [-0.2, -0.15) is 0 Å². The number of hydrogen-bond donors (Lipinski definition) is 4. The van der Waals surface area contributed by atoms with Crippen LogP contribution < -0.4 is 0 Å². The Morgan fingerprint density at radius 2 is 1.44 bits per heavy atom. The number of nitrogens with zero attached hydrogens (tertiary/aromatic N) is 1. The van der Waals surface area contributed by atoms with Crippen LogP contribution in [0.3, 0.4) is 0 Å². The number of Topliss-reactive ketones (excluding diaryl/α,β-unsaturated/α-hetero) is 1. The smallest absolute Gasteiger partial charge is 0.311 e. The normalized spacial score (nSPS) is 48.6. The molecule has 0 amide bonds. The lowest BCUT2D eigenvalue weighted by Gasteiger charge is -2.49. The van der Waals surface area contributed by atoms with Crippen LogP contribution in [0.15, 0.2) is 0 Å². The Morgan fingerprint density at radius 1 is 0.840 bits per heavy atom. The average Bonchev–Trinajstić information content (AvgIpc) is 3.03. The van der Waals surface area contributed by atoms with E-state index in [-0.39, 0.29) is 30.8 Å². The van der Waals surface area contributed by atoms with Crippen molar-refractivity contribution >= 4 is 11.8 Å². The quantitative estimate of drug-likeness (QED) is 0.296. The standard InChI is InChI=1S/C37H67NO12/c1-18-16-36(10,44)32(50-34-28(40)25(38(12)13)15-19(2)46-34)21(4)29(49-26-17-37(11,45-14)31(42)23(6)47-26)22(5)33(43)48-24(7)35(8,9)30(41)20(3)27(18)39/h18-26,28-32,34,40-42,44H,15-17H2,1-14H3/t18?,19?,20?,21?,22?,23?,24-,25?,26?,28?,29?,30?,31?,32?,34?,36?,37?/m1/s1. The molecule has 13 heteroatoms. The van der Waals surface area contributed by atoms with E-state index in [0.29, 0.717) is 6.42 Å². The molecule has 50 heavy (non-hydrogen) atoms. The van der Waals surface area contributed by atoms with Crippen LogP contribution in [-0.4, -0.2) is 137 Å². The molecule has 3 rings (SSSR count). The highest BCUT2D eigenvalue weighted by Crippen LogP contribution is 2.41. The Labute approximate surface area is 299 Å². The number of esters is 1. The van der Waals surface area contributed by atoms with E-state index in [1.807, 2.05) is 25.9 Å². The minimum absolute atomic E-state index is 0.0557. The molecule has 0 aromatic heterocycles. The number of methoxy groups -OCH3 is 1. The molecule has 0 saturated carbocycles. The second kappa shape index (κ2) is 16.4. The molecule has 17 atom stereocenters. The molecule has 3 saturated heterocycles. The summed E-state index contributed by atoms with van der Waals surface area (Å²) in [5.41, 5.74) is -3.75. The number of carbonyl (C=O) groups excluding carboxylic acids is 2. The van der Waals surface area contributed by atoms with E-state index in [9.17, 15) is 30.0 Å². The van der Waals surface area contributed by atoms with Crippen LogP contribution in [0.1, 0.15) is 95.4 Å². The summed E-state index contributed by atoms with van der Waals surface area (Å²) in [6.07, 6.45) is -8.54. The van der Waals surface area contributed by atoms with Crippen molar-refractivity contribution < 1.29 is 58.4 Å². The van der Waals surface area contributed by atoms with E-state index < -0.39 is 102 Å². The maximum Gasteiger partial charge on any atom is 0.311 e. The van der Waals surface area contributed by atoms with Gasteiger partial charge < -0.3 is 53.7 Å². The summed E-state index contributed by atoms with van der Waals surface area (Å²) < 4.78 is 37.2. The Hall–Kier alpha value is -1.26. The van der Waals surface area contributed by atoms with Gasteiger partial charge in [-0.05, 0) is 68.5 Å². The largest absolute Gasteiger partial charge is 0.462 e. The van der Waals surface area contributed by atoms with Crippen LogP contribution in [0.25, 0.3) is 0 Å². The number of aliphatic hydroxyl groups is 4. The van der Waals surface area contributed by atoms with E-state index >= 15 is 0 Å². The lowest BCUT2D eigenvalue weighted by Crippen LogP contribution is -2.60. The van der Waals surface area contributed by atoms with Crippen molar-refractivity contribution in [2.75, 3.05) is 21.2 Å². The third-order valence-corrected chi connectivity index (χ3v) is 12.0. The van der Waals surface area contributed by atoms with Crippen LogP contribution in [0.2, 0.25) is 0 Å². The van der Waals surface area contributed by atoms with E-state index in [0.717, 1.165) is 0 Å². The summed E-state index contributed by atoms with van der Waals surface area (Å²) in [6, 6.07) is -0.300. The maximum absolute atomic E-state index is 14.0. The van der Waals surface area contributed by atoms with Gasteiger partial charge in [0, 0.05) is 42.7 Å². The van der Waals surface area contributed by atoms with Crippen molar-refractivity contribution in [2.45, 2.75) is 174 Å². The summed E-state index contributed by atoms with van der Waals surface area (Å²) >= 11 is 0. The summed E-state index contributed by atoms with van der Waals surface area (Å²) in [4.78, 5) is 29.8. The molecule has 3 fully saturated rings. The van der Waals surface area contributed by atoms with Crippen molar-refractivity contribution in [3.8, 4) is 0 Å². The fourth-order valence-corrected chi connectivity index (χ4v) is 8.17. The molecule has 292 valence electrons. The number of likely N-dealkylation sites (N-methyl/N-ethyl adjacent to an activating group) is 1. The van der Waals surface area contributed by atoms with Gasteiger partial charge in [0.1, 0.15) is 24.1 Å². The summed E-state index contributed by atoms with van der Waals surface area (Å²) in [7, 11) is 5.23.